The van der Waals surface area contributed by atoms with Crippen molar-refractivity contribution in [3.63, 3.8) is 0 Å². The van der Waals surface area contributed by atoms with E-state index >= 15 is 0 Å². The SMILES string of the molecule is Cc1ccc(N(c2ccc(C)cc2)c2ccc(C=Cc3ccc(C=Cc4ccc(N(c5ccc(C)cc5)c5ccc(C)cc5)cc4)c(C(c4ccccc4)(c4ccc(N(C)C)cc4C)c4ccc(N(C)C)cc4C)c3)cc2)cc1. The Kier molecular flexibility index (Phi) is 15.7. The number of aryl methyl sites for hydroxylation is 6. The van der Waals surface area contributed by atoms with Gasteiger partial charge in [0.25, 0.3) is 0 Å². The summed E-state index contributed by atoms with van der Waals surface area (Å²) in [6.45, 7) is 13.1. The first-order valence-corrected chi connectivity index (χ1v) is 27.5. The van der Waals surface area contributed by atoms with Crippen molar-refractivity contribution in [2.75, 3.05) is 47.8 Å². The zero-order valence-electron chi connectivity index (χ0n) is 47.5. The fraction of sp³-hybridized carbons (Fsp3) is 0.147. The zero-order chi connectivity index (χ0) is 55.2. The lowest BCUT2D eigenvalue weighted by Gasteiger charge is -2.40. The van der Waals surface area contributed by atoms with Gasteiger partial charge in [-0.2, -0.15) is 0 Å². The van der Waals surface area contributed by atoms with Gasteiger partial charge in [-0.15, -0.1) is 0 Å². The van der Waals surface area contributed by atoms with Crippen molar-refractivity contribution < 1.29 is 0 Å². The van der Waals surface area contributed by atoms with Crippen molar-refractivity contribution in [1.29, 1.82) is 0 Å². The van der Waals surface area contributed by atoms with Gasteiger partial charge in [-0.05, 0) is 200 Å². The molecule has 0 aliphatic carbocycles. The van der Waals surface area contributed by atoms with Gasteiger partial charge in [0, 0.05) is 73.7 Å². The Morgan fingerprint density at radius 3 is 0.949 bits per heavy atom. The average Bonchev–Trinajstić information content (AvgIpc) is 3.66. The van der Waals surface area contributed by atoms with Crippen molar-refractivity contribution in [3.8, 4) is 0 Å². The number of anilines is 8. The summed E-state index contributed by atoms with van der Waals surface area (Å²) in [4.78, 5) is 9.05. The summed E-state index contributed by atoms with van der Waals surface area (Å²) in [6.07, 6.45) is 9.12. The average molecular weight is 1030 g/mol. The number of rotatable bonds is 16. The van der Waals surface area contributed by atoms with Crippen LogP contribution in [0, 0.1) is 41.5 Å². The smallest absolute Gasteiger partial charge is 0.0712 e. The molecule has 0 unspecified atom stereocenters. The lowest BCUT2D eigenvalue weighted by Crippen LogP contribution is -2.34. The van der Waals surface area contributed by atoms with E-state index in [1.54, 1.807) is 0 Å². The van der Waals surface area contributed by atoms with Crippen LogP contribution in [0.15, 0.2) is 231 Å². The highest BCUT2D eigenvalue weighted by molar-refractivity contribution is 5.83. The lowest BCUT2D eigenvalue weighted by molar-refractivity contribution is 0.730. The van der Waals surface area contributed by atoms with Crippen LogP contribution in [0.25, 0.3) is 24.3 Å². The highest BCUT2D eigenvalue weighted by Crippen LogP contribution is 2.50. The van der Waals surface area contributed by atoms with Crippen LogP contribution < -0.4 is 19.6 Å². The topological polar surface area (TPSA) is 13.0 Å². The van der Waals surface area contributed by atoms with Gasteiger partial charge in [0.15, 0.2) is 0 Å². The maximum atomic E-state index is 2.44. The van der Waals surface area contributed by atoms with Crippen LogP contribution in [-0.4, -0.2) is 28.2 Å². The Bertz CT molecular complexity index is 3590. The molecule has 10 aromatic carbocycles. The third-order valence-corrected chi connectivity index (χ3v) is 15.3. The van der Waals surface area contributed by atoms with Gasteiger partial charge in [0.2, 0.25) is 0 Å². The normalized spacial score (nSPS) is 11.6. The lowest BCUT2D eigenvalue weighted by atomic mass is 9.61. The van der Waals surface area contributed by atoms with Gasteiger partial charge < -0.3 is 19.6 Å². The predicted molar refractivity (Wildman–Crippen MR) is 342 cm³/mol. The molecule has 0 aliphatic rings. The minimum absolute atomic E-state index is 0.738. The monoisotopic (exact) mass is 1030 g/mol. The van der Waals surface area contributed by atoms with Crippen LogP contribution in [0.4, 0.5) is 45.5 Å². The Morgan fingerprint density at radius 1 is 0.278 bits per heavy atom. The van der Waals surface area contributed by atoms with E-state index in [1.807, 2.05) is 0 Å². The number of hydrogen-bond donors (Lipinski definition) is 0. The number of benzene rings is 10. The second-order valence-electron chi connectivity index (χ2n) is 21.6. The maximum Gasteiger partial charge on any atom is 0.0712 e. The molecule has 0 saturated carbocycles. The van der Waals surface area contributed by atoms with E-state index in [0.717, 1.165) is 56.4 Å². The molecule has 0 heterocycles. The molecular weight excluding hydrogens is 957 g/mol. The molecule has 0 saturated heterocycles. The second kappa shape index (κ2) is 23.2. The quantitative estimate of drug-likeness (QED) is 0.0706. The molecule has 4 heteroatoms. The van der Waals surface area contributed by atoms with E-state index in [4.69, 9.17) is 0 Å². The first kappa shape index (κ1) is 53.3. The van der Waals surface area contributed by atoms with Crippen LogP contribution in [0.5, 0.6) is 0 Å². The van der Waals surface area contributed by atoms with Gasteiger partial charge in [-0.1, -0.05) is 174 Å². The molecule has 10 rings (SSSR count). The molecule has 0 bridgehead atoms. The van der Waals surface area contributed by atoms with Crippen molar-refractivity contribution in [2.24, 2.45) is 0 Å². The predicted octanol–water partition coefficient (Wildman–Crippen LogP) is 19.3. The minimum atomic E-state index is -0.738. The van der Waals surface area contributed by atoms with E-state index in [9.17, 15) is 0 Å². The van der Waals surface area contributed by atoms with E-state index in [2.05, 4.69) is 344 Å². The Morgan fingerprint density at radius 2 is 0.595 bits per heavy atom. The first-order chi connectivity index (χ1) is 38.2. The first-order valence-electron chi connectivity index (χ1n) is 27.5. The Balaban J connectivity index is 1.12. The second-order valence-corrected chi connectivity index (χ2v) is 21.6. The molecule has 0 radical (unpaired) electrons. The summed E-state index contributed by atoms with van der Waals surface area (Å²) in [5, 5.41) is 0. The summed E-state index contributed by atoms with van der Waals surface area (Å²) < 4.78 is 0. The molecule has 0 atom stereocenters. The van der Waals surface area contributed by atoms with Crippen LogP contribution in [0.3, 0.4) is 0 Å². The van der Waals surface area contributed by atoms with Gasteiger partial charge in [0.1, 0.15) is 0 Å². The van der Waals surface area contributed by atoms with Crippen molar-refractivity contribution >= 4 is 69.8 Å². The highest BCUT2D eigenvalue weighted by atomic mass is 15.1. The number of nitrogens with zero attached hydrogens (tertiary/aromatic N) is 4. The third kappa shape index (κ3) is 11.5. The van der Waals surface area contributed by atoms with Gasteiger partial charge >= 0.3 is 0 Å². The molecule has 0 aromatic heterocycles. The van der Waals surface area contributed by atoms with Gasteiger partial charge in [0.05, 0.1) is 5.41 Å². The molecule has 392 valence electrons. The molecule has 0 aliphatic heterocycles. The standard InChI is InChI=1S/C75H72N4/c1-53-16-34-64(35-17-53)78(65-36-18-54(2)19-37-65)68-42-28-59(29-43-68)24-25-61-27-33-62(32-26-60-30-44-69(45-31-60)79(66-38-20-55(3)21-39-66)67-40-22-56(4)23-41-67)74(52-61)75(63-14-12-11-13-15-63,72-48-46-70(76(7)8)50-57(72)5)73-49-47-71(77(9)10)51-58(73)6/h11-52H,1-10H3. The molecule has 79 heavy (non-hydrogen) atoms. The largest absolute Gasteiger partial charge is 0.378 e. The summed E-state index contributed by atoms with van der Waals surface area (Å²) in [5.41, 5.74) is 25.0. The summed E-state index contributed by atoms with van der Waals surface area (Å²) in [7, 11) is 8.48. The fourth-order valence-corrected chi connectivity index (χ4v) is 10.9. The van der Waals surface area contributed by atoms with Gasteiger partial charge in [-0.3, -0.25) is 0 Å². The van der Waals surface area contributed by atoms with Crippen LogP contribution in [-0.2, 0) is 5.41 Å². The molecule has 4 nitrogen and oxygen atoms in total. The van der Waals surface area contributed by atoms with Crippen molar-refractivity contribution in [2.45, 2.75) is 47.0 Å². The minimum Gasteiger partial charge on any atom is -0.378 e. The van der Waals surface area contributed by atoms with E-state index in [-0.39, 0.29) is 0 Å². The molecular formula is C75H72N4. The number of hydrogen-bond acceptors (Lipinski definition) is 4. The maximum absolute atomic E-state index is 2.44. The molecule has 0 amide bonds. The van der Waals surface area contributed by atoms with Crippen LogP contribution in [0.2, 0.25) is 0 Å². The Labute approximate surface area is 470 Å². The van der Waals surface area contributed by atoms with Crippen LogP contribution in [0.1, 0.15) is 77.9 Å². The summed E-state index contributed by atoms with van der Waals surface area (Å²) in [6, 6.07) is 85.1. The highest BCUT2D eigenvalue weighted by Gasteiger charge is 2.42. The van der Waals surface area contributed by atoms with E-state index < -0.39 is 5.41 Å². The third-order valence-electron chi connectivity index (χ3n) is 15.3. The van der Waals surface area contributed by atoms with E-state index in [0.29, 0.717) is 0 Å². The molecule has 10 aromatic rings. The van der Waals surface area contributed by atoms with Crippen LogP contribution >= 0.6 is 0 Å². The van der Waals surface area contributed by atoms with E-state index in [1.165, 1.54) is 67.0 Å². The Hall–Kier alpha value is -9.12. The van der Waals surface area contributed by atoms with Crippen molar-refractivity contribution in [1.82, 2.24) is 0 Å². The molecule has 0 N–H and O–H groups in total. The fourth-order valence-electron chi connectivity index (χ4n) is 10.9. The van der Waals surface area contributed by atoms with Gasteiger partial charge in [-0.25, -0.2) is 0 Å². The summed E-state index contributed by atoms with van der Waals surface area (Å²) in [5.74, 6) is 0. The zero-order valence-corrected chi connectivity index (χ0v) is 47.5. The molecule has 0 spiro atoms. The summed E-state index contributed by atoms with van der Waals surface area (Å²) >= 11 is 0. The van der Waals surface area contributed by atoms with Crippen molar-refractivity contribution in [3.05, 3.63) is 308 Å². The molecule has 0 fully saturated rings.